The number of carbonyl (C=O) groups is 1. The molecule has 0 aliphatic carbocycles. The third-order valence-corrected chi connectivity index (χ3v) is 3.82. The Hall–Kier alpha value is -0.970. The molecule has 1 atom stereocenters. The van der Waals surface area contributed by atoms with Crippen molar-refractivity contribution >= 4 is 29.9 Å². The van der Waals surface area contributed by atoms with Gasteiger partial charge in [-0.15, -0.1) is 12.4 Å². The second-order valence-electron chi connectivity index (χ2n) is 5.12. The van der Waals surface area contributed by atoms with E-state index in [1.165, 1.54) is 0 Å². The molecule has 1 fully saturated rings. The third-order valence-electron chi connectivity index (χ3n) is 3.51. The lowest BCUT2D eigenvalue weighted by Gasteiger charge is -2.32. The average Bonchev–Trinajstić information content (AvgIpc) is 2.47. The van der Waals surface area contributed by atoms with E-state index in [0.29, 0.717) is 29.8 Å². The molecule has 118 valence electrons. The number of nitrogens with one attached hydrogen (secondary N) is 1. The summed E-state index contributed by atoms with van der Waals surface area (Å²) in [5.41, 5.74) is 0. The lowest BCUT2D eigenvalue weighted by atomic mass is 9.99. The molecule has 0 saturated carbocycles. The highest BCUT2D eigenvalue weighted by molar-refractivity contribution is 6.32. The van der Waals surface area contributed by atoms with Crippen LogP contribution < -0.4 is 10.1 Å². The Labute approximate surface area is 137 Å². The molecule has 1 aromatic carbocycles. The van der Waals surface area contributed by atoms with Gasteiger partial charge in [-0.05, 0) is 32.0 Å². The molecule has 1 heterocycles. The van der Waals surface area contributed by atoms with Crippen LogP contribution in [0.2, 0.25) is 5.02 Å². The molecule has 0 aromatic heterocycles. The highest BCUT2D eigenvalue weighted by Gasteiger charge is 2.23. The first-order valence-corrected chi connectivity index (χ1v) is 7.38. The van der Waals surface area contributed by atoms with Gasteiger partial charge < -0.3 is 15.0 Å². The van der Waals surface area contributed by atoms with E-state index >= 15 is 0 Å². The van der Waals surface area contributed by atoms with Crippen LogP contribution in [0.25, 0.3) is 0 Å². The zero-order valence-electron chi connectivity index (χ0n) is 12.2. The van der Waals surface area contributed by atoms with Crippen molar-refractivity contribution in [1.82, 2.24) is 10.2 Å². The monoisotopic (exact) mass is 332 g/mol. The molecule has 1 amide bonds. The maximum absolute atomic E-state index is 11.9. The summed E-state index contributed by atoms with van der Waals surface area (Å²) in [6.07, 6.45) is 2.12. The van der Waals surface area contributed by atoms with Gasteiger partial charge in [0.25, 0.3) is 0 Å². The molecule has 6 heteroatoms. The Bertz CT molecular complexity index is 457. The van der Waals surface area contributed by atoms with E-state index in [0.717, 1.165) is 25.9 Å². The molecule has 1 saturated heterocycles. The minimum atomic E-state index is 0. The van der Waals surface area contributed by atoms with Crippen molar-refractivity contribution < 1.29 is 9.53 Å². The van der Waals surface area contributed by atoms with Gasteiger partial charge in [-0.2, -0.15) is 0 Å². The number of nitrogens with zero attached hydrogens (tertiary/aromatic N) is 1. The van der Waals surface area contributed by atoms with E-state index in [9.17, 15) is 4.79 Å². The van der Waals surface area contributed by atoms with Crippen LogP contribution in [0.15, 0.2) is 24.3 Å². The summed E-state index contributed by atoms with van der Waals surface area (Å²) in [5.74, 6) is 1.25. The van der Waals surface area contributed by atoms with Crippen molar-refractivity contribution in [2.24, 2.45) is 5.92 Å². The van der Waals surface area contributed by atoms with Crippen LogP contribution in [0.4, 0.5) is 0 Å². The molecule has 1 aliphatic rings. The number of amides is 1. The van der Waals surface area contributed by atoms with Gasteiger partial charge >= 0.3 is 0 Å². The number of benzene rings is 1. The largest absolute Gasteiger partial charge is 0.492 e. The Morgan fingerprint density at radius 2 is 2.24 bits per heavy atom. The second-order valence-corrected chi connectivity index (χ2v) is 5.53. The molecule has 1 unspecified atom stereocenters. The number of hydrogen-bond donors (Lipinski definition) is 1. The molecular formula is C15H22Cl2N2O2. The molecule has 4 nitrogen and oxygen atoms in total. The summed E-state index contributed by atoms with van der Waals surface area (Å²) in [6, 6.07) is 7.48. The normalized spacial score (nSPS) is 18.0. The number of likely N-dealkylation sites (N-methyl/N-ethyl adjacent to an activating group) is 1. The predicted octanol–water partition coefficient (Wildman–Crippen LogP) is 2.60. The summed E-state index contributed by atoms with van der Waals surface area (Å²) in [6.45, 7) is 2.62. The topological polar surface area (TPSA) is 41.6 Å². The Morgan fingerprint density at radius 1 is 1.48 bits per heavy atom. The van der Waals surface area contributed by atoms with Crippen molar-refractivity contribution in [3.63, 3.8) is 0 Å². The number of likely N-dealkylation sites (tertiary alicyclic amines) is 1. The first-order chi connectivity index (χ1) is 9.70. The van der Waals surface area contributed by atoms with E-state index in [4.69, 9.17) is 16.3 Å². The fourth-order valence-electron chi connectivity index (χ4n) is 2.46. The molecule has 2 rings (SSSR count). The standard InChI is InChI=1S/C15H21ClN2O2.ClH/c1-17-9-15(19)18-8-4-5-12(10-18)11-20-14-7-3-2-6-13(14)16;/h2-3,6-7,12,17H,4-5,8-11H2,1H3;1H. The van der Waals surface area contributed by atoms with Crippen LogP contribution in [0.5, 0.6) is 5.75 Å². The predicted molar refractivity (Wildman–Crippen MR) is 87.4 cm³/mol. The number of para-hydroxylation sites is 1. The first-order valence-electron chi connectivity index (χ1n) is 7.00. The molecule has 1 aromatic rings. The fourth-order valence-corrected chi connectivity index (χ4v) is 2.65. The van der Waals surface area contributed by atoms with Crippen molar-refractivity contribution in [3.8, 4) is 5.75 Å². The summed E-state index contributed by atoms with van der Waals surface area (Å²) in [4.78, 5) is 13.8. The van der Waals surface area contributed by atoms with Crippen LogP contribution in [0.3, 0.4) is 0 Å². The van der Waals surface area contributed by atoms with Gasteiger partial charge in [0.05, 0.1) is 18.2 Å². The van der Waals surface area contributed by atoms with E-state index < -0.39 is 0 Å². The third kappa shape index (κ3) is 5.38. The van der Waals surface area contributed by atoms with Gasteiger partial charge in [0.15, 0.2) is 0 Å². The number of halogens is 2. The Kier molecular flexibility index (Phi) is 7.86. The highest BCUT2D eigenvalue weighted by Crippen LogP contribution is 2.25. The molecule has 0 spiro atoms. The molecule has 0 bridgehead atoms. The molecular weight excluding hydrogens is 311 g/mol. The van der Waals surface area contributed by atoms with Gasteiger partial charge in [0.2, 0.25) is 5.91 Å². The summed E-state index contributed by atoms with van der Waals surface area (Å²) in [5, 5.41) is 3.54. The van der Waals surface area contributed by atoms with Gasteiger partial charge in [0, 0.05) is 19.0 Å². The zero-order chi connectivity index (χ0) is 14.4. The van der Waals surface area contributed by atoms with Crippen LogP contribution in [-0.4, -0.2) is 44.1 Å². The lowest BCUT2D eigenvalue weighted by Crippen LogP contribution is -2.44. The molecule has 21 heavy (non-hydrogen) atoms. The van der Waals surface area contributed by atoms with Crippen molar-refractivity contribution in [2.45, 2.75) is 12.8 Å². The maximum Gasteiger partial charge on any atom is 0.236 e. The fraction of sp³-hybridized carbons (Fsp3) is 0.533. The van der Waals surface area contributed by atoms with Gasteiger partial charge in [-0.3, -0.25) is 4.79 Å². The van der Waals surface area contributed by atoms with Crippen LogP contribution in [-0.2, 0) is 4.79 Å². The van der Waals surface area contributed by atoms with Crippen LogP contribution >= 0.6 is 24.0 Å². The first kappa shape index (κ1) is 18.1. The van der Waals surface area contributed by atoms with Crippen molar-refractivity contribution in [2.75, 3.05) is 33.3 Å². The van der Waals surface area contributed by atoms with E-state index in [1.807, 2.05) is 29.2 Å². The highest BCUT2D eigenvalue weighted by atomic mass is 35.5. The van der Waals surface area contributed by atoms with Gasteiger partial charge in [0.1, 0.15) is 5.75 Å². The number of piperidine rings is 1. The van der Waals surface area contributed by atoms with Crippen molar-refractivity contribution in [1.29, 1.82) is 0 Å². The summed E-state index contributed by atoms with van der Waals surface area (Å²) < 4.78 is 5.78. The molecule has 0 radical (unpaired) electrons. The average molecular weight is 333 g/mol. The van der Waals surface area contributed by atoms with Crippen LogP contribution in [0, 0.1) is 5.92 Å². The SMILES string of the molecule is CNCC(=O)N1CCCC(COc2ccccc2Cl)C1.Cl. The maximum atomic E-state index is 11.9. The molecule has 1 N–H and O–H groups in total. The van der Waals surface area contributed by atoms with Gasteiger partial charge in [-0.25, -0.2) is 0 Å². The zero-order valence-corrected chi connectivity index (χ0v) is 13.8. The summed E-state index contributed by atoms with van der Waals surface area (Å²) >= 11 is 6.06. The quantitative estimate of drug-likeness (QED) is 0.901. The second kappa shape index (κ2) is 9.13. The Morgan fingerprint density at radius 3 is 2.95 bits per heavy atom. The molecule has 1 aliphatic heterocycles. The number of hydrogen-bond acceptors (Lipinski definition) is 3. The van der Waals surface area contributed by atoms with E-state index in [-0.39, 0.29) is 18.3 Å². The van der Waals surface area contributed by atoms with Crippen molar-refractivity contribution in [3.05, 3.63) is 29.3 Å². The smallest absolute Gasteiger partial charge is 0.236 e. The van der Waals surface area contributed by atoms with E-state index in [2.05, 4.69) is 5.32 Å². The Balaban J connectivity index is 0.00000220. The minimum Gasteiger partial charge on any atom is -0.492 e. The number of ether oxygens (including phenoxy) is 1. The lowest BCUT2D eigenvalue weighted by molar-refractivity contribution is -0.132. The van der Waals surface area contributed by atoms with Crippen LogP contribution in [0.1, 0.15) is 12.8 Å². The number of rotatable bonds is 5. The van der Waals surface area contributed by atoms with Gasteiger partial charge in [-0.1, -0.05) is 23.7 Å². The van der Waals surface area contributed by atoms with E-state index in [1.54, 1.807) is 7.05 Å². The summed E-state index contributed by atoms with van der Waals surface area (Å²) in [7, 11) is 1.79. The number of carbonyl (C=O) groups excluding carboxylic acids is 1. The minimum absolute atomic E-state index is 0.